The summed E-state index contributed by atoms with van der Waals surface area (Å²) >= 11 is 0.836. The van der Waals surface area contributed by atoms with E-state index in [0.717, 1.165) is 11.8 Å². The van der Waals surface area contributed by atoms with E-state index in [9.17, 15) is 18.8 Å². The van der Waals surface area contributed by atoms with Crippen LogP contribution < -0.4 is 15.8 Å². The number of rotatable bonds is 6. The number of hydrogen-bond donors (Lipinski definition) is 2. The third kappa shape index (κ3) is 5.21. The molecule has 9 heteroatoms. The van der Waals surface area contributed by atoms with Gasteiger partial charge in [0.1, 0.15) is 23.4 Å². The van der Waals surface area contributed by atoms with Crippen LogP contribution in [0.15, 0.2) is 47.4 Å². The Morgan fingerprint density at radius 2 is 1.90 bits per heavy atom. The van der Waals surface area contributed by atoms with E-state index >= 15 is 0 Å². The molecule has 2 amide bonds. The molecule has 0 aliphatic carbocycles. The molecule has 2 aromatic carbocycles. The minimum absolute atomic E-state index is 0.0102. The Morgan fingerprint density at radius 3 is 2.48 bits per heavy atom. The number of nitrogens with two attached hydrogens (primary N) is 1. The van der Waals surface area contributed by atoms with E-state index in [2.05, 4.69) is 10.1 Å². The van der Waals surface area contributed by atoms with Crippen LogP contribution in [0.25, 0.3) is 6.08 Å². The molecule has 1 aliphatic heterocycles. The number of amides is 2. The summed E-state index contributed by atoms with van der Waals surface area (Å²) in [6.07, 6.45) is 1.60. The third-order valence-corrected chi connectivity index (χ3v) is 4.83. The summed E-state index contributed by atoms with van der Waals surface area (Å²) in [5.74, 6) is -0.844. The molecule has 1 heterocycles. The van der Waals surface area contributed by atoms with E-state index < -0.39 is 29.0 Å². The molecular weight excluding hydrogens is 399 g/mol. The number of carbonyl (C=O) groups excluding carboxylic acids is 3. The Morgan fingerprint density at radius 1 is 1.21 bits per heavy atom. The minimum Gasteiger partial charge on any atom is -0.468 e. The van der Waals surface area contributed by atoms with Crippen molar-refractivity contribution in [1.82, 2.24) is 5.32 Å². The van der Waals surface area contributed by atoms with Gasteiger partial charge in [0.25, 0.3) is 11.1 Å². The maximum absolute atomic E-state index is 14.3. The summed E-state index contributed by atoms with van der Waals surface area (Å²) in [7, 11) is 1.22. The van der Waals surface area contributed by atoms with E-state index in [0.29, 0.717) is 16.2 Å². The number of carbonyl (C=O) groups is 3. The third-order valence-electron chi connectivity index (χ3n) is 4.02. The molecule has 2 aromatic rings. The predicted molar refractivity (Wildman–Crippen MR) is 106 cm³/mol. The van der Waals surface area contributed by atoms with Crippen molar-refractivity contribution in [2.24, 2.45) is 5.73 Å². The smallest absolute Gasteiger partial charge is 0.322 e. The molecule has 1 fully saturated rings. The van der Waals surface area contributed by atoms with Gasteiger partial charge in [-0.2, -0.15) is 0 Å². The lowest BCUT2D eigenvalue weighted by atomic mass is 10.1. The Kier molecular flexibility index (Phi) is 6.30. The summed E-state index contributed by atoms with van der Waals surface area (Å²) in [5, 5.41) is 1.78. The molecule has 3 rings (SSSR count). The first kappa shape index (κ1) is 20.6. The summed E-state index contributed by atoms with van der Waals surface area (Å²) in [4.78, 5) is 34.4. The minimum atomic E-state index is -0.946. The van der Waals surface area contributed by atoms with Crippen molar-refractivity contribution in [2.45, 2.75) is 12.5 Å². The van der Waals surface area contributed by atoms with Crippen LogP contribution in [0.2, 0.25) is 0 Å². The zero-order valence-electron chi connectivity index (χ0n) is 15.3. The second-order valence-corrected chi connectivity index (χ2v) is 7.13. The van der Waals surface area contributed by atoms with Crippen molar-refractivity contribution in [1.29, 1.82) is 0 Å². The zero-order valence-corrected chi connectivity index (χ0v) is 16.1. The largest absolute Gasteiger partial charge is 0.468 e. The molecular formula is C20H17FN2O5S. The highest BCUT2D eigenvalue weighted by molar-refractivity contribution is 8.18. The lowest BCUT2D eigenvalue weighted by Crippen LogP contribution is -2.33. The van der Waals surface area contributed by atoms with E-state index in [1.54, 1.807) is 36.4 Å². The second kappa shape index (κ2) is 8.89. The van der Waals surface area contributed by atoms with E-state index in [-0.39, 0.29) is 17.7 Å². The molecule has 29 heavy (non-hydrogen) atoms. The van der Waals surface area contributed by atoms with Gasteiger partial charge in [-0.1, -0.05) is 18.2 Å². The van der Waals surface area contributed by atoms with Crippen molar-refractivity contribution in [2.75, 3.05) is 7.11 Å². The van der Waals surface area contributed by atoms with Crippen LogP contribution in [-0.4, -0.2) is 30.3 Å². The Hall–Kier alpha value is -3.17. The molecule has 0 spiro atoms. The molecule has 3 N–H and O–H groups in total. The zero-order chi connectivity index (χ0) is 21.0. The van der Waals surface area contributed by atoms with Crippen molar-refractivity contribution >= 4 is 35.0 Å². The van der Waals surface area contributed by atoms with Gasteiger partial charge in [-0.15, -0.1) is 0 Å². The number of ether oxygens (including phenoxy) is 2. The van der Waals surface area contributed by atoms with Crippen molar-refractivity contribution in [3.63, 3.8) is 0 Å². The number of thioether (sulfide) groups is 1. The Labute approximate surface area is 170 Å². The van der Waals surface area contributed by atoms with Gasteiger partial charge in [-0.3, -0.25) is 19.7 Å². The summed E-state index contributed by atoms with van der Waals surface area (Å²) in [6.45, 7) is 0. The average Bonchev–Trinajstić information content (AvgIpc) is 3.01. The molecule has 0 saturated carbocycles. The second-order valence-electron chi connectivity index (χ2n) is 6.11. The molecule has 0 aromatic heterocycles. The monoisotopic (exact) mass is 416 g/mol. The van der Waals surface area contributed by atoms with Gasteiger partial charge >= 0.3 is 5.97 Å². The van der Waals surface area contributed by atoms with Crippen LogP contribution in [-0.2, 0) is 20.7 Å². The summed E-state index contributed by atoms with van der Waals surface area (Å²) in [6, 6.07) is 10.1. The van der Waals surface area contributed by atoms with E-state index in [4.69, 9.17) is 10.5 Å². The molecule has 7 nitrogen and oxygen atoms in total. The molecule has 0 bridgehead atoms. The number of benzene rings is 2. The number of halogens is 1. The number of esters is 1. The van der Waals surface area contributed by atoms with Gasteiger partial charge in [-0.05, 0) is 47.2 Å². The lowest BCUT2D eigenvalue weighted by Gasteiger charge is -2.11. The Bertz CT molecular complexity index is 991. The Balaban J connectivity index is 1.66. The van der Waals surface area contributed by atoms with Gasteiger partial charge < -0.3 is 15.2 Å². The van der Waals surface area contributed by atoms with Crippen LogP contribution in [0.3, 0.4) is 0 Å². The van der Waals surface area contributed by atoms with Crippen LogP contribution in [0.5, 0.6) is 11.5 Å². The number of hydrogen-bond acceptors (Lipinski definition) is 7. The average molecular weight is 416 g/mol. The number of methoxy groups -OCH3 is 1. The van der Waals surface area contributed by atoms with Crippen molar-refractivity contribution in [3.05, 3.63) is 64.3 Å². The molecule has 150 valence electrons. The fraction of sp³-hybridized carbons (Fsp3) is 0.150. The first-order valence-corrected chi connectivity index (χ1v) is 9.32. The standard InChI is InChI=1S/C20H17FN2O5S/c1-27-19(25)16(22)9-12-4-7-14(10-15(12)21)28-13-5-2-11(3-6-13)8-17-18(24)23-20(26)29-17/h2-8,10,16H,9,22H2,1H3,(H,23,24,26). The lowest BCUT2D eigenvalue weighted by molar-refractivity contribution is -0.142. The first-order chi connectivity index (χ1) is 13.9. The highest BCUT2D eigenvalue weighted by Crippen LogP contribution is 2.28. The maximum Gasteiger partial charge on any atom is 0.322 e. The maximum atomic E-state index is 14.3. The first-order valence-electron chi connectivity index (χ1n) is 8.50. The van der Waals surface area contributed by atoms with E-state index in [1.807, 2.05) is 0 Å². The number of nitrogens with one attached hydrogen (secondary N) is 1. The summed E-state index contributed by atoms with van der Waals surface area (Å²) < 4.78 is 24.4. The van der Waals surface area contributed by atoms with Crippen LogP contribution in [0, 0.1) is 5.82 Å². The van der Waals surface area contributed by atoms with Crippen LogP contribution in [0.4, 0.5) is 9.18 Å². The molecule has 1 atom stereocenters. The van der Waals surface area contributed by atoms with Crippen LogP contribution in [0.1, 0.15) is 11.1 Å². The fourth-order valence-corrected chi connectivity index (χ4v) is 3.25. The van der Waals surface area contributed by atoms with Gasteiger partial charge in [-0.25, -0.2) is 4.39 Å². The molecule has 1 unspecified atom stereocenters. The van der Waals surface area contributed by atoms with Gasteiger partial charge in [0.05, 0.1) is 12.0 Å². The normalized spacial score (nSPS) is 15.9. The topological polar surface area (TPSA) is 108 Å². The van der Waals surface area contributed by atoms with Gasteiger partial charge in [0.15, 0.2) is 0 Å². The molecule has 1 saturated heterocycles. The van der Waals surface area contributed by atoms with E-state index in [1.165, 1.54) is 19.2 Å². The van der Waals surface area contributed by atoms with Gasteiger partial charge in [0, 0.05) is 12.5 Å². The molecule has 0 radical (unpaired) electrons. The number of imide groups is 1. The summed E-state index contributed by atoms with van der Waals surface area (Å²) in [5.41, 5.74) is 6.64. The van der Waals surface area contributed by atoms with Gasteiger partial charge in [0.2, 0.25) is 0 Å². The fourth-order valence-electron chi connectivity index (χ4n) is 2.57. The highest BCUT2D eigenvalue weighted by Gasteiger charge is 2.24. The van der Waals surface area contributed by atoms with Crippen LogP contribution >= 0.6 is 11.8 Å². The van der Waals surface area contributed by atoms with Crippen molar-refractivity contribution in [3.8, 4) is 11.5 Å². The quantitative estimate of drug-likeness (QED) is 0.551. The molecule has 1 aliphatic rings. The SMILES string of the molecule is COC(=O)C(N)Cc1ccc(Oc2ccc(C=C3SC(=O)NC3=O)cc2)cc1F. The highest BCUT2D eigenvalue weighted by atomic mass is 32.2. The van der Waals surface area contributed by atoms with Crippen molar-refractivity contribution < 1.29 is 28.2 Å². The predicted octanol–water partition coefficient (Wildman–Crippen LogP) is 2.98.